The maximum Gasteiger partial charge on any atom is 0.200 e. The second-order valence-corrected chi connectivity index (χ2v) is 3.76. The highest BCUT2D eigenvalue weighted by Gasteiger charge is 2.27. The summed E-state index contributed by atoms with van der Waals surface area (Å²) in [4.78, 5) is 14.1. The predicted molar refractivity (Wildman–Crippen MR) is 59.3 cm³/mol. The number of nitrogens with two attached hydrogens (primary N) is 1. The van der Waals surface area contributed by atoms with Crippen LogP contribution in [0.15, 0.2) is 12.3 Å². The molecule has 1 aromatic heterocycles. The molecule has 0 saturated heterocycles. The topological polar surface area (TPSA) is 56.0 Å². The van der Waals surface area contributed by atoms with Gasteiger partial charge in [-0.05, 0) is 6.07 Å². The summed E-state index contributed by atoms with van der Waals surface area (Å²) in [6.07, 6.45) is 1.05. The number of aromatic nitrogens is 1. The molecular weight excluding hydrogens is 283 g/mol. The average molecular weight is 288 g/mol. The third kappa shape index (κ3) is 1.98. The second-order valence-electron chi connectivity index (χ2n) is 3.76. The van der Waals surface area contributed by atoms with Gasteiger partial charge in [-0.25, -0.2) is 26.9 Å². The summed E-state index contributed by atoms with van der Waals surface area (Å²) < 4.78 is 66.2. The molecular formula is C12H5F5N2O. The second kappa shape index (κ2) is 4.87. The average Bonchev–Trinajstić information content (AvgIpc) is 2.45. The number of hydrogen-bond donors (Lipinski definition) is 1. The van der Waals surface area contributed by atoms with Crippen LogP contribution in [0, 0.1) is 29.1 Å². The van der Waals surface area contributed by atoms with Gasteiger partial charge in [-0.15, -0.1) is 0 Å². The van der Waals surface area contributed by atoms with Crippen molar-refractivity contribution in [1.29, 1.82) is 0 Å². The Hall–Kier alpha value is -2.51. The number of aldehydes is 1. The Morgan fingerprint density at radius 3 is 1.95 bits per heavy atom. The first-order chi connectivity index (χ1) is 9.38. The first-order valence-electron chi connectivity index (χ1n) is 5.11. The molecule has 8 heteroatoms. The van der Waals surface area contributed by atoms with Gasteiger partial charge in [0.2, 0.25) is 5.82 Å². The third-order valence-corrected chi connectivity index (χ3v) is 2.57. The molecule has 1 heterocycles. The first kappa shape index (κ1) is 13.9. The standard InChI is InChI=1S/C12H5F5N2O/c13-7-6(8(14)10(16)11(17)9(7)15)4-1-5(3-20)12(18)19-2-4/h1-3H,(H2,18,19). The van der Waals surface area contributed by atoms with Crippen molar-refractivity contribution in [3.8, 4) is 11.1 Å². The molecule has 2 rings (SSSR count). The van der Waals surface area contributed by atoms with Crippen molar-refractivity contribution in [1.82, 2.24) is 4.98 Å². The Morgan fingerprint density at radius 1 is 0.950 bits per heavy atom. The molecule has 0 radical (unpaired) electrons. The van der Waals surface area contributed by atoms with E-state index < -0.39 is 40.2 Å². The Bertz CT molecular complexity index is 688. The number of rotatable bonds is 2. The van der Waals surface area contributed by atoms with E-state index in [4.69, 9.17) is 5.73 Å². The van der Waals surface area contributed by atoms with E-state index in [1.807, 2.05) is 0 Å². The maximum absolute atomic E-state index is 13.6. The van der Waals surface area contributed by atoms with Crippen LogP contribution in [0.4, 0.5) is 27.8 Å². The smallest absolute Gasteiger partial charge is 0.200 e. The van der Waals surface area contributed by atoms with Crippen LogP contribution in [0.2, 0.25) is 0 Å². The Morgan fingerprint density at radius 2 is 1.45 bits per heavy atom. The van der Waals surface area contributed by atoms with E-state index in [1.165, 1.54) is 0 Å². The molecule has 0 unspecified atom stereocenters. The maximum atomic E-state index is 13.6. The molecule has 0 bridgehead atoms. The van der Waals surface area contributed by atoms with Gasteiger partial charge in [-0.1, -0.05) is 0 Å². The highest BCUT2D eigenvalue weighted by Crippen LogP contribution is 2.31. The fourth-order valence-corrected chi connectivity index (χ4v) is 1.58. The number of pyridine rings is 1. The van der Waals surface area contributed by atoms with E-state index in [0.29, 0.717) is 0 Å². The van der Waals surface area contributed by atoms with Crippen LogP contribution in [0.5, 0.6) is 0 Å². The monoisotopic (exact) mass is 288 g/mol. The highest BCUT2D eigenvalue weighted by atomic mass is 19.2. The summed E-state index contributed by atoms with van der Waals surface area (Å²) in [5.41, 5.74) is 3.45. The Balaban J connectivity index is 2.79. The fraction of sp³-hybridized carbons (Fsp3) is 0. The lowest BCUT2D eigenvalue weighted by Gasteiger charge is -2.09. The zero-order chi connectivity index (χ0) is 15.0. The molecule has 0 aliphatic heterocycles. The zero-order valence-corrected chi connectivity index (χ0v) is 9.55. The molecule has 0 amide bonds. The van der Waals surface area contributed by atoms with Gasteiger partial charge in [0.15, 0.2) is 29.6 Å². The van der Waals surface area contributed by atoms with Gasteiger partial charge in [0.05, 0.1) is 11.1 Å². The Kier molecular flexibility index (Phi) is 3.39. The SMILES string of the molecule is Nc1ncc(-c2c(F)c(F)c(F)c(F)c2F)cc1C=O. The van der Waals surface area contributed by atoms with Crippen LogP contribution in [-0.4, -0.2) is 11.3 Å². The predicted octanol–water partition coefficient (Wildman–Crippen LogP) is 2.84. The molecule has 0 atom stereocenters. The van der Waals surface area contributed by atoms with E-state index in [2.05, 4.69) is 4.98 Å². The third-order valence-electron chi connectivity index (χ3n) is 2.57. The van der Waals surface area contributed by atoms with E-state index in [9.17, 15) is 26.7 Å². The minimum atomic E-state index is -2.26. The van der Waals surface area contributed by atoms with Crippen molar-refractivity contribution in [3.63, 3.8) is 0 Å². The molecule has 0 aliphatic rings. The Labute approximate surface area is 108 Å². The highest BCUT2D eigenvalue weighted by molar-refractivity contribution is 5.84. The normalized spacial score (nSPS) is 10.7. The van der Waals surface area contributed by atoms with Crippen LogP contribution in [0.25, 0.3) is 11.1 Å². The van der Waals surface area contributed by atoms with Crippen LogP contribution >= 0.6 is 0 Å². The molecule has 20 heavy (non-hydrogen) atoms. The molecule has 2 N–H and O–H groups in total. The number of nitrogen functional groups attached to an aromatic ring is 1. The van der Waals surface area contributed by atoms with Crippen molar-refractivity contribution in [3.05, 3.63) is 46.9 Å². The van der Waals surface area contributed by atoms with Crippen LogP contribution < -0.4 is 5.73 Å². The summed E-state index contributed by atoms with van der Waals surface area (Å²) in [6.45, 7) is 0. The molecule has 1 aromatic carbocycles. The molecule has 104 valence electrons. The number of hydrogen-bond acceptors (Lipinski definition) is 3. The summed E-state index contributed by atoms with van der Waals surface area (Å²) >= 11 is 0. The van der Waals surface area contributed by atoms with E-state index in [-0.39, 0.29) is 17.7 Å². The summed E-state index contributed by atoms with van der Waals surface area (Å²) in [6, 6.07) is 0.883. The number of halogens is 5. The van der Waals surface area contributed by atoms with Gasteiger partial charge in [-0.2, -0.15) is 0 Å². The van der Waals surface area contributed by atoms with Crippen LogP contribution in [-0.2, 0) is 0 Å². The van der Waals surface area contributed by atoms with Crippen molar-refractivity contribution >= 4 is 12.1 Å². The quantitative estimate of drug-likeness (QED) is 0.400. The lowest BCUT2D eigenvalue weighted by molar-refractivity contribution is 0.112. The molecule has 3 nitrogen and oxygen atoms in total. The summed E-state index contributed by atoms with van der Waals surface area (Å²) in [5.74, 6) is -10.7. The number of benzene rings is 1. The van der Waals surface area contributed by atoms with Gasteiger partial charge in [0.1, 0.15) is 5.82 Å². The summed E-state index contributed by atoms with van der Waals surface area (Å²) in [7, 11) is 0. The minimum absolute atomic E-state index is 0.229. The molecule has 0 spiro atoms. The molecule has 0 aliphatic carbocycles. The molecule has 0 saturated carbocycles. The lowest BCUT2D eigenvalue weighted by Crippen LogP contribution is -2.05. The largest absolute Gasteiger partial charge is 0.383 e. The van der Waals surface area contributed by atoms with Gasteiger partial charge < -0.3 is 5.73 Å². The number of anilines is 1. The first-order valence-corrected chi connectivity index (χ1v) is 5.11. The number of nitrogens with zero attached hydrogens (tertiary/aromatic N) is 1. The van der Waals surface area contributed by atoms with Crippen molar-refractivity contribution in [2.24, 2.45) is 0 Å². The van der Waals surface area contributed by atoms with Crippen molar-refractivity contribution < 1.29 is 26.7 Å². The fourth-order valence-electron chi connectivity index (χ4n) is 1.58. The number of carbonyl (C=O) groups is 1. The molecule has 2 aromatic rings. The van der Waals surface area contributed by atoms with Crippen LogP contribution in [0.1, 0.15) is 10.4 Å². The van der Waals surface area contributed by atoms with Gasteiger partial charge in [0.25, 0.3) is 0 Å². The van der Waals surface area contributed by atoms with E-state index in [0.717, 1.165) is 12.3 Å². The number of carbonyl (C=O) groups excluding carboxylic acids is 1. The van der Waals surface area contributed by atoms with E-state index in [1.54, 1.807) is 0 Å². The van der Waals surface area contributed by atoms with Gasteiger partial charge in [-0.3, -0.25) is 4.79 Å². The van der Waals surface area contributed by atoms with Gasteiger partial charge >= 0.3 is 0 Å². The summed E-state index contributed by atoms with van der Waals surface area (Å²) in [5, 5.41) is 0. The van der Waals surface area contributed by atoms with Gasteiger partial charge in [0, 0.05) is 11.8 Å². The van der Waals surface area contributed by atoms with Crippen molar-refractivity contribution in [2.45, 2.75) is 0 Å². The van der Waals surface area contributed by atoms with Crippen LogP contribution in [0.3, 0.4) is 0 Å². The molecule has 0 fully saturated rings. The zero-order valence-electron chi connectivity index (χ0n) is 9.55. The van der Waals surface area contributed by atoms with E-state index >= 15 is 0 Å². The van der Waals surface area contributed by atoms with Crippen molar-refractivity contribution in [2.75, 3.05) is 5.73 Å². The minimum Gasteiger partial charge on any atom is -0.383 e. The lowest BCUT2D eigenvalue weighted by atomic mass is 10.0.